The Kier molecular flexibility index (Phi) is 6.79. The van der Waals surface area contributed by atoms with Crippen molar-refractivity contribution in [3.05, 3.63) is 0 Å². The summed E-state index contributed by atoms with van der Waals surface area (Å²) in [7, 11) is 4.62. The van der Waals surface area contributed by atoms with E-state index in [1.807, 2.05) is 0 Å². The molecule has 0 aromatic carbocycles. The van der Waals surface area contributed by atoms with Gasteiger partial charge in [-0.2, -0.15) is 0 Å². The molecule has 1 saturated carbocycles. The highest BCUT2D eigenvalue weighted by molar-refractivity contribution is 4.89. The van der Waals surface area contributed by atoms with Crippen LogP contribution < -0.4 is 5.32 Å². The summed E-state index contributed by atoms with van der Waals surface area (Å²) >= 11 is 0. The topological polar surface area (TPSA) is 18.5 Å². The number of nitrogens with zero attached hydrogens (tertiary/aromatic N) is 2. The molecular formula is C17H35N3. The first-order valence-electron chi connectivity index (χ1n) is 8.83. The zero-order valence-corrected chi connectivity index (χ0v) is 13.9. The summed E-state index contributed by atoms with van der Waals surface area (Å²) in [6.07, 6.45) is 10.0. The van der Waals surface area contributed by atoms with Crippen LogP contribution in [0, 0.1) is 5.92 Å². The molecule has 1 aliphatic carbocycles. The predicted molar refractivity (Wildman–Crippen MR) is 87.2 cm³/mol. The van der Waals surface area contributed by atoms with Crippen molar-refractivity contribution in [1.82, 2.24) is 15.1 Å². The zero-order chi connectivity index (χ0) is 14.4. The van der Waals surface area contributed by atoms with Gasteiger partial charge in [0.25, 0.3) is 0 Å². The maximum atomic E-state index is 3.81. The minimum absolute atomic E-state index is 0.675. The van der Waals surface area contributed by atoms with Gasteiger partial charge in [-0.25, -0.2) is 0 Å². The molecule has 118 valence electrons. The highest BCUT2D eigenvalue weighted by Crippen LogP contribution is 2.29. The van der Waals surface area contributed by atoms with Gasteiger partial charge in [0, 0.05) is 18.6 Å². The smallest absolute Gasteiger partial charge is 0.0373 e. The standard InChI is InChI=1S/C17H35N3/c1-4-18-16(13-15-9-6-5-7-10-15)17-14-19(2)11-8-12-20(17)3/h15-18H,4-14H2,1-3H3. The molecule has 0 aromatic rings. The molecule has 0 spiro atoms. The second-order valence-electron chi connectivity index (χ2n) is 7.07. The molecule has 1 saturated heterocycles. The van der Waals surface area contributed by atoms with Gasteiger partial charge in [-0.15, -0.1) is 0 Å². The van der Waals surface area contributed by atoms with E-state index in [2.05, 4.69) is 36.1 Å². The highest BCUT2D eigenvalue weighted by Gasteiger charge is 2.30. The molecule has 2 aliphatic rings. The van der Waals surface area contributed by atoms with Crippen molar-refractivity contribution < 1.29 is 0 Å². The van der Waals surface area contributed by atoms with Crippen LogP contribution >= 0.6 is 0 Å². The van der Waals surface area contributed by atoms with Crippen LogP contribution in [0.5, 0.6) is 0 Å². The van der Waals surface area contributed by atoms with Crippen LogP contribution in [0.4, 0.5) is 0 Å². The van der Waals surface area contributed by atoms with Crippen LogP contribution in [0.2, 0.25) is 0 Å². The summed E-state index contributed by atoms with van der Waals surface area (Å²) in [6.45, 7) is 7.09. The summed E-state index contributed by atoms with van der Waals surface area (Å²) < 4.78 is 0. The van der Waals surface area contributed by atoms with Crippen LogP contribution in [-0.4, -0.2) is 62.2 Å². The lowest BCUT2D eigenvalue weighted by Gasteiger charge is -2.37. The van der Waals surface area contributed by atoms with E-state index in [0.29, 0.717) is 12.1 Å². The zero-order valence-electron chi connectivity index (χ0n) is 13.9. The van der Waals surface area contributed by atoms with E-state index in [1.165, 1.54) is 64.6 Å². The molecule has 1 aliphatic heterocycles. The number of hydrogen-bond acceptors (Lipinski definition) is 3. The fourth-order valence-corrected chi connectivity index (χ4v) is 4.16. The molecule has 3 heteroatoms. The van der Waals surface area contributed by atoms with E-state index in [1.54, 1.807) is 0 Å². The van der Waals surface area contributed by atoms with Crippen LogP contribution in [0.15, 0.2) is 0 Å². The lowest BCUT2D eigenvalue weighted by molar-refractivity contribution is 0.154. The minimum Gasteiger partial charge on any atom is -0.313 e. The molecule has 1 N–H and O–H groups in total. The minimum atomic E-state index is 0.675. The Labute approximate surface area is 126 Å². The van der Waals surface area contributed by atoms with Crippen LogP contribution in [0.1, 0.15) is 51.9 Å². The molecular weight excluding hydrogens is 246 g/mol. The number of hydrogen-bond donors (Lipinski definition) is 1. The van der Waals surface area contributed by atoms with E-state index in [-0.39, 0.29) is 0 Å². The maximum Gasteiger partial charge on any atom is 0.0373 e. The van der Waals surface area contributed by atoms with E-state index in [9.17, 15) is 0 Å². The Bertz CT molecular complexity index is 263. The van der Waals surface area contributed by atoms with E-state index < -0.39 is 0 Å². The number of rotatable bonds is 5. The van der Waals surface area contributed by atoms with Gasteiger partial charge >= 0.3 is 0 Å². The van der Waals surface area contributed by atoms with Crippen molar-refractivity contribution in [2.24, 2.45) is 5.92 Å². The van der Waals surface area contributed by atoms with Crippen LogP contribution in [0.3, 0.4) is 0 Å². The molecule has 20 heavy (non-hydrogen) atoms. The Morgan fingerprint density at radius 3 is 2.50 bits per heavy atom. The lowest BCUT2D eigenvalue weighted by atomic mass is 9.83. The van der Waals surface area contributed by atoms with Gasteiger partial charge < -0.3 is 15.1 Å². The fraction of sp³-hybridized carbons (Fsp3) is 1.00. The summed E-state index contributed by atoms with van der Waals surface area (Å²) in [5.74, 6) is 0.967. The van der Waals surface area contributed by atoms with Gasteiger partial charge in [0.2, 0.25) is 0 Å². The van der Waals surface area contributed by atoms with Gasteiger partial charge in [-0.1, -0.05) is 39.0 Å². The Hall–Kier alpha value is -0.120. The second-order valence-corrected chi connectivity index (χ2v) is 7.07. The lowest BCUT2D eigenvalue weighted by Crippen LogP contribution is -2.53. The van der Waals surface area contributed by atoms with E-state index >= 15 is 0 Å². The molecule has 0 bridgehead atoms. The molecule has 2 atom stereocenters. The van der Waals surface area contributed by atoms with Gasteiger partial charge in [-0.3, -0.25) is 0 Å². The van der Waals surface area contributed by atoms with E-state index in [4.69, 9.17) is 0 Å². The Morgan fingerprint density at radius 2 is 1.80 bits per heavy atom. The van der Waals surface area contributed by atoms with Crippen LogP contribution in [0.25, 0.3) is 0 Å². The third-order valence-corrected chi connectivity index (χ3v) is 5.36. The first-order valence-corrected chi connectivity index (χ1v) is 8.83. The quantitative estimate of drug-likeness (QED) is 0.835. The molecule has 2 rings (SSSR count). The fourth-order valence-electron chi connectivity index (χ4n) is 4.16. The first kappa shape index (κ1) is 16.3. The summed E-state index contributed by atoms with van der Waals surface area (Å²) in [5, 5.41) is 3.81. The van der Waals surface area contributed by atoms with Crippen molar-refractivity contribution in [2.45, 2.75) is 64.0 Å². The average Bonchev–Trinajstić information content (AvgIpc) is 2.61. The number of nitrogens with one attached hydrogen (secondary N) is 1. The van der Waals surface area contributed by atoms with Gasteiger partial charge in [0.05, 0.1) is 0 Å². The van der Waals surface area contributed by atoms with Crippen molar-refractivity contribution in [1.29, 1.82) is 0 Å². The molecule has 2 unspecified atom stereocenters. The van der Waals surface area contributed by atoms with Crippen molar-refractivity contribution in [2.75, 3.05) is 40.3 Å². The van der Waals surface area contributed by atoms with Crippen molar-refractivity contribution in [3.63, 3.8) is 0 Å². The SMILES string of the molecule is CCNC(CC1CCCCC1)C1CN(C)CCCN1C. The number of likely N-dealkylation sites (N-methyl/N-ethyl adjacent to an activating group) is 3. The van der Waals surface area contributed by atoms with E-state index in [0.717, 1.165) is 12.5 Å². The Morgan fingerprint density at radius 1 is 1.05 bits per heavy atom. The summed E-state index contributed by atoms with van der Waals surface area (Å²) in [5.41, 5.74) is 0. The average molecular weight is 281 g/mol. The largest absolute Gasteiger partial charge is 0.313 e. The van der Waals surface area contributed by atoms with Gasteiger partial charge in [-0.05, 0) is 52.5 Å². The summed E-state index contributed by atoms with van der Waals surface area (Å²) in [4.78, 5) is 5.14. The third-order valence-electron chi connectivity index (χ3n) is 5.36. The predicted octanol–water partition coefficient (Wildman–Crippen LogP) is 2.57. The molecule has 3 nitrogen and oxygen atoms in total. The summed E-state index contributed by atoms with van der Waals surface area (Å²) in [6, 6.07) is 1.36. The normalized spacial score (nSPS) is 29.2. The molecule has 2 fully saturated rings. The van der Waals surface area contributed by atoms with Crippen LogP contribution in [-0.2, 0) is 0 Å². The van der Waals surface area contributed by atoms with Gasteiger partial charge in [0.1, 0.15) is 0 Å². The van der Waals surface area contributed by atoms with Crippen molar-refractivity contribution >= 4 is 0 Å². The molecule has 0 amide bonds. The van der Waals surface area contributed by atoms with Gasteiger partial charge in [0.15, 0.2) is 0 Å². The second kappa shape index (κ2) is 8.35. The monoisotopic (exact) mass is 281 g/mol. The Balaban J connectivity index is 1.96. The van der Waals surface area contributed by atoms with Crippen molar-refractivity contribution in [3.8, 4) is 0 Å². The first-order chi connectivity index (χ1) is 9.70. The third kappa shape index (κ3) is 4.71. The maximum absolute atomic E-state index is 3.81. The highest BCUT2D eigenvalue weighted by atomic mass is 15.2. The molecule has 1 heterocycles. The molecule has 0 aromatic heterocycles. The molecule has 0 radical (unpaired) electrons.